The molecule has 0 saturated carbocycles. The number of quaternary nitrogens is 1. The Morgan fingerprint density at radius 3 is 1.63 bits per heavy atom. The lowest BCUT2D eigenvalue weighted by Crippen LogP contribution is -2.45. The molecule has 272 valence electrons. The van der Waals surface area contributed by atoms with Crippen LogP contribution < -0.4 is 10.2 Å². The van der Waals surface area contributed by atoms with Crippen molar-refractivity contribution in [2.45, 2.75) is 167 Å². The fraction of sp³-hybridized carbons (Fsp3) is 0.865. The monoisotopic (exact) mass is 673 g/mol. The number of hydrogen-bond acceptors (Lipinski definition) is 6. The van der Waals surface area contributed by atoms with Crippen LogP contribution in [0.25, 0.3) is 0 Å². The number of phosphoric acid groups is 1. The number of allylic oxidation sites excluding steroid dienone is 3. The van der Waals surface area contributed by atoms with Crippen molar-refractivity contribution >= 4 is 13.7 Å². The van der Waals surface area contributed by atoms with E-state index in [4.69, 9.17) is 9.05 Å². The van der Waals surface area contributed by atoms with Gasteiger partial charge in [-0.3, -0.25) is 9.36 Å². The summed E-state index contributed by atoms with van der Waals surface area (Å²) >= 11 is 0. The number of amides is 1. The second kappa shape index (κ2) is 30.1. The van der Waals surface area contributed by atoms with Gasteiger partial charge in [-0.25, -0.2) is 0 Å². The number of carbonyl (C=O) groups excluding carboxylic acids is 1. The third-order valence-electron chi connectivity index (χ3n) is 8.20. The summed E-state index contributed by atoms with van der Waals surface area (Å²) in [6.07, 6.45) is 35.9. The highest BCUT2D eigenvalue weighted by molar-refractivity contribution is 7.45. The van der Waals surface area contributed by atoms with Crippen molar-refractivity contribution in [3.63, 3.8) is 0 Å². The van der Waals surface area contributed by atoms with E-state index in [2.05, 4.69) is 24.4 Å². The SMILES string of the molecule is CCCCCCCCCCCCCCCCCCCCC/C=C/CC/C=C/C(O)C(COP(=O)([O-])OCC[N+](C)(C)C)NC(C)=O. The summed E-state index contributed by atoms with van der Waals surface area (Å²) in [6.45, 7) is 3.67. The molecule has 0 aromatic rings. The van der Waals surface area contributed by atoms with Gasteiger partial charge in [0.25, 0.3) is 7.82 Å². The molecule has 0 rings (SSSR count). The summed E-state index contributed by atoms with van der Waals surface area (Å²) < 4.78 is 22.4. The third-order valence-corrected chi connectivity index (χ3v) is 9.16. The standard InChI is InChI=1S/C37H73N2O6P/c1-6-7-8-9-10-11-12-13-14-15-16-17-18-19-20-21-22-23-24-25-26-27-28-29-30-31-37(41)36(38-35(2)40)34-45-46(42,43)44-33-32-39(3,4)5/h26-27,30-31,36-37,41H,6-25,28-29,32-34H2,1-5H3,(H-,38,40,42,43)/b27-26+,31-30+. The van der Waals surface area contributed by atoms with Crippen molar-refractivity contribution in [1.82, 2.24) is 5.32 Å². The molecule has 0 aliphatic heterocycles. The molecule has 1 amide bonds. The second-order valence-electron chi connectivity index (χ2n) is 14.0. The van der Waals surface area contributed by atoms with E-state index in [-0.39, 0.29) is 12.5 Å². The number of aliphatic hydroxyl groups excluding tert-OH is 1. The van der Waals surface area contributed by atoms with Gasteiger partial charge in [-0.2, -0.15) is 0 Å². The van der Waals surface area contributed by atoms with Gasteiger partial charge in [-0.05, 0) is 25.7 Å². The van der Waals surface area contributed by atoms with Gasteiger partial charge in [0.05, 0.1) is 39.9 Å². The predicted octanol–water partition coefficient (Wildman–Crippen LogP) is 8.77. The zero-order valence-corrected chi connectivity index (χ0v) is 31.4. The number of phosphoric ester groups is 1. The van der Waals surface area contributed by atoms with E-state index < -0.39 is 26.6 Å². The second-order valence-corrected chi connectivity index (χ2v) is 15.4. The number of nitrogens with one attached hydrogen (secondary N) is 1. The van der Waals surface area contributed by atoms with Crippen molar-refractivity contribution in [2.75, 3.05) is 40.9 Å². The maximum Gasteiger partial charge on any atom is 0.268 e. The van der Waals surface area contributed by atoms with Crippen molar-refractivity contribution in [2.24, 2.45) is 0 Å². The first-order valence-electron chi connectivity index (χ1n) is 18.6. The van der Waals surface area contributed by atoms with Gasteiger partial charge in [0.1, 0.15) is 13.2 Å². The average molecular weight is 673 g/mol. The Hall–Kier alpha value is -1.02. The normalized spacial score (nSPS) is 15.0. The van der Waals surface area contributed by atoms with Crippen LogP contribution in [0.15, 0.2) is 24.3 Å². The summed E-state index contributed by atoms with van der Waals surface area (Å²) in [5, 5.41) is 13.0. The summed E-state index contributed by atoms with van der Waals surface area (Å²) in [5.41, 5.74) is 0. The van der Waals surface area contributed by atoms with Crippen molar-refractivity contribution < 1.29 is 32.9 Å². The number of rotatable bonds is 33. The van der Waals surface area contributed by atoms with Crippen LogP contribution in [0.4, 0.5) is 0 Å². The van der Waals surface area contributed by atoms with Gasteiger partial charge in [0.15, 0.2) is 0 Å². The number of unbranched alkanes of at least 4 members (excludes halogenated alkanes) is 20. The first-order valence-corrected chi connectivity index (χ1v) is 20.1. The molecule has 0 bridgehead atoms. The van der Waals surface area contributed by atoms with Crippen molar-refractivity contribution in [3.05, 3.63) is 24.3 Å². The Bertz CT molecular complexity index is 814. The lowest BCUT2D eigenvalue weighted by atomic mass is 10.0. The maximum atomic E-state index is 12.1. The maximum absolute atomic E-state index is 12.1. The average Bonchev–Trinajstić information content (AvgIpc) is 2.98. The smallest absolute Gasteiger partial charge is 0.268 e. The van der Waals surface area contributed by atoms with E-state index in [1.54, 1.807) is 6.08 Å². The molecule has 46 heavy (non-hydrogen) atoms. The minimum Gasteiger partial charge on any atom is -0.756 e. The zero-order valence-electron chi connectivity index (χ0n) is 30.5. The van der Waals surface area contributed by atoms with Gasteiger partial charge in [-0.15, -0.1) is 0 Å². The third kappa shape index (κ3) is 32.9. The zero-order chi connectivity index (χ0) is 34.4. The fourth-order valence-corrected chi connectivity index (χ4v) is 5.98. The topological polar surface area (TPSA) is 108 Å². The highest BCUT2D eigenvalue weighted by atomic mass is 31.2. The molecule has 0 aromatic carbocycles. The first-order chi connectivity index (χ1) is 22.0. The number of carbonyl (C=O) groups is 1. The Kier molecular flexibility index (Phi) is 29.4. The molecule has 0 saturated heterocycles. The summed E-state index contributed by atoms with van der Waals surface area (Å²) in [4.78, 5) is 23.6. The molecule has 0 aromatic heterocycles. The number of hydrogen-bond donors (Lipinski definition) is 2. The highest BCUT2D eigenvalue weighted by Crippen LogP contribution is 2.38. The lowest BCUT2D eigenvalue weighted by molar-refractivity contribution is -0.870. The van der Waals surface area contributed by atoms with E-state index >= 15 is 0 Å². The van der Waals surface area contributed by atoms with E-state index in [1.807, 2.05) is 27.2 Å². The molecule has 8 nitrogen and oxygen atoms in total. The molecular formula is C37H73N2O6P. The molecular weight excluding hydrogens is 599 g/mol. The van der Waals surface area contributed by atoms with Gasteiger partial charge in [0.2, 0.25) is 5.91 Å². The molecule has 9 heteroatoms. The summed E-state index contributed by atoms with van der Waals surface area (Å²) in [5.74, 6) is -0.384. The minimum absolute atomic E-state index is 0.00931. The van der Waals surface area contributed by atoms with Gasteiger partial charge in [0, 0.05) is 6.92 Å². The van der Waals surface area contributed by atoms with Crippen LogP contribution in [-0.2, 0) is 18.4 Å². The van der Waals surface area contributed by atoms with Crippen LogP contribution in [0, 0.1) is 0 Å². The van der Waals surface area contributed by atoms with Crippen LogP contribution in [0.5, 0.6) is 0 Å². The van der Waals surface area contributed by atoms with Crippen LogP contribution in [0.3, 0.4) is 0 Å². The molecule has 0 aliphatic rings. The molecule has 0 fully saturated rings. The molecule has 0 radical (unpaired) electrons. The highest BCUT2D eigenvalue weighted by Gasteiger charge is 2.22. The van der Waals surface area contributed by atoms with Crippen LogP contribution >= 0.6 is 7.82 Å². The van der Waals surface area contributed by atoms with Gasteiger partial charge >= 0.3 is 0 Å². The number of likely N-dealkylation sites (N-methyl/N-ethyl adjacent to an activating group) is 1. The van der Waals surface area contributed by atoms with Gasteiger partial charge < -0.3 is 28.8 Å². The molecule has 2 N–H and O–H groups in total. The molecule has 0 spiro atoms. The molecule has 0 aliphatic carbocycles. The van der Waals surface area contributed by atoms with Gasteiger partial charge in [-0.1, -0.05) is 147 Å². The van der Waals surface area contributed by atoms with E-state index in [0.29, 0.717) is 11.0 Å². The van der Waals surface area contributed by atoms with Crippen molar-refractivity contribution in [1.29, 1.82) is 0 Å². The van der Waals surface area contributed by atoms with Crippen LogP contribution in [-0.4, -0.2) is 68.5 Å². The van der Waals surface area contributed by atoms with Crippen LogP contribution in [0.1, 0.15) is 155 Å². The largest absolute Gasteiger partial charge is 0.756 e. The molecule has 0 heterocycles. The fourth-order valence-electron chi connectivity index (χ4n) is 5.26. The Balaban J connectivity index is 3.79. The van der Waals surface area contributed by atoms with E-state index in [9.17, 15) is 19.4 Å². The summed E-state index contributed by atoms with van der Waals surface area (Å²) in [7, 11) is 1.23. The van der Waals surface area contributed by atoms with Crippen molar-refractivity contribution in [3.8, 4) is 0 Å². The Labute approximate surface area is 284 Å². The number of aliphatic hydroxyl groups is 1. The van der Waals surface area contributed by atoms with Crippen LogP contribution in [0.2, 0.25) is 0 Å². The number of nitrogens with zero attached hydrogens (tertiary/aromatic N) is 1. The summed E-state index contributed by atoms with van der Waals surface area (Å²) in [6, 6.07) is -0.900. The first kappa shape index (κ1) is 45.0. The Morgan fingerprint density at radius 2 is 1.17 bits per heavy atom. The minimum atomic E-state index is -4.54. The lowest BCUT2D eigenvalue weighted by Gasteiger charge is -2.29. The predicted molar refractivity (Wildman–Crippen MR) is 192 cm³/mol. The molecule has 3 atom stereocenters. The van der Waals surface area contributed by atoms with E-state index in [1.165, 1.54) is 129 Å². The Morgan fingerprint density at radius 1 is 0.739 bits per heavy atom. The molecule has 3 unspecified atom stereocenters. The quantitative estimate of drug-likeness (QED) is 0.0312. The van der Waals surface area contributed by atoms with E-state index in [0.717, 1.165) is 19.3 Å².